The molecule has 0 fully saturated rings. The van der Waals surface area contributed by atoms with Gasteiger partial charge in [-0.25, -0.2) is 0 Å². The summed E-state index contributed by atoms with van der Waals surface area (Å²) in [4.78, 5) is 13.0. The molecule has 1 amide bonds. The maximum Gasteiger partial charge on any atom is 0.253 e. The molecule has 4 rings (SSSR count). The normalized spacial score (nSPS) is 12.5. The second-order valence-corrected chi connectivity index (χ2v) is 10.2. The van der Waals surface area contributed by atoms with E-state index in [1.807, 2.05) is 67.6 Å². The molecule has 0 bridgehead atoms. The Kier molecular flexibility index (Phi) is 6.34. The van der Waals surface area contributed by atoms with Crippen molar-refractivity contribution >= 4 is 68.0 Å². The topological polar surface area (TPSA) is 66.9 Å². The molecular weight excluding hydrogens is 475 g/mol. The third kappa shape index (κ3) is 5.10. The highest BCUT2D eigenvalue weighted by Gasteiger charge is 2.35. The van der Waals surface area contributed by atoms with E-state index in [1.165, 1.54) is 11.3 Å². The van der Waals surface area contributed by atoms with Gasteiger partial charge >= 0.3 is 0 Å². The number of carbonyl (C=O) groups is 1. The monoisotopic (exact) mass is 490 g/mol. The third-order valence-electron chi connectivity index (χ3n) is 4.63. The molecule has 0 radical (unpaired) electrons. The van der Waals surface area contributed by atoms with Crippen LogP contribution in [0, 0.1) is 6.92 Å². The van der Waals surface area contributed by atoms with E-state index >= 15 is 0 Å². The van der Waals surface area contributed by atoms with E-state index in [4.69, 9.17) is 34.8 Å². The minimum absolute atomic E-state index is 0.371. The number of rotatable bonds is 5. The van der Waals surface area contributed by atoms with Crippen molar-refractivity contribution in [2.45, 2.75) is 16.9 Å². The van der Waals surface area contributed by atoms with Crippen LogP contribution < -0.4 is 10.6 Å². The van der Waals surface area contributed by atoms with Crippen molar-refractivity contribution in [1.82, 2.24) is 15.5 Å². The molecule has 1 aromatic heterocycles. The summed E-state index contributed by atoms with van der Waals surface area (Å²) >= 11 is 19.8. The lowest BCUT2D eigenvalue weighted by molar-refractivity contribution is 0.0943. The van der Waals surface area contributed by atoms with Gasteiger partial charge in [-0.15, -0.1) is 10.2 Å². The average molecular weight is 492 g/mol. The number of halogens is 3. The molecule has 1 unspecified atom stereocenters. The van der Waals surface area contributed by atoms with Crippen molar-refractivity contribution < 1.29 is 4.79 Å². The quantitative estimate of drug-likeness (QED) is 0.257. The van der Waals surface area contributed by atoms with Crippen molar-refractivity contribution in [2.75, 3.05) is 5.32 Å². The summed E-state index contributed by atoms with van der Waals surface area (Å²) in [5.41, 5.74) is 2.57. The number of aryl methyl sites for hydroxylation is 1. The van der Waals surface area contributed by atoms with Crippen LogP contribution in [0.5, 0.6) is 0 Å². The molecule has 0 spiro atoms. The fourth-order valence-corrected chi connectivity index (χ4v) is 4.15. The van der Waals surface area contributed by atoms with E-state index in [1.54, 1.807) is 6.07 Å². The first-order chi connectivity index (χ1) is 14.8. The molecule has 0 aliphatic carbocycles. The number of fused-ring (bicyclic) bond motifs is 1. The number of hydrogen-bond donors (Lipinski definition) is 2. The molecule has 158 valence electrons. The van der Waals surface area contributed by atoms with Crippen LogP contribution in [-0.4, -0.2) is 26.1 Å². The number of nitrogens with one attached hydrogen (secondary N) is 2. The van der Waals surface area contributed by atoms with Gasteiger partial charge < -0.3 is 10.6 Å². The predicted molar refractivity (Wildman–Crippen MR) is 129 cm³/mol. The van der Waals surface area contributed by atoms with E-state index < -0.39 is 9.96 Å². The number of aromatic nitrogens is 2. The maximum atomic E-state index is 13.0. The van der Waals surface area contributed by atoms with Gasteiger partial charge in [-0.1, -0.05) is 112 Å². The summed E-state index contributed by atoms with van der Waals surface area (Å²) in [6.07, 6.45) is -1.03. The Bertz CT molecular complexity index is 1220. The van der Waals surface area contributed by atoms with Crippen molar-refractivity contribution in [3.05, 3.63) is 77.9 Å². The average Bonchev–Trinajstić information content (AvgIpc) is 3.21. The zero-order valence-electron chi connectivity index (χ0n) is 16.3. The zero-order valence-corrected chi connectivity index (χ0v) is 19.4. The van der Waals surface area contributed by atoms with Crippen molar-refractivity contribution in [1.29, 1.82) is 0 Å². The highest BCUT2D eigenvalue weighted by atomic mass is 35.6. The Morgan fingerprint density at radius 3 is 2.42 bits per heavy atom. The van der Waals surface area contributed by atoms with Gasteiger partial charge in [-0.3, -0.25) is 4.79 Å². The van der Waals surface area contributed by atoms with Crippen LogP contribution in [0.2, 0.25) is 0 Å². The first kappa shape index (κ1) is 21.8. The summed E-state index contributed by atoms with van der Waals surface area (Å²) in [5.74, 6) is -0.371. The van der Waals surface area contributed by atoms with Crippen molar-refractivity contribution in [3.8, 4) is 10.6 Å². The summed E-state index contributed by atoms with van der Waals surface area (Å²) in [6.45, 7) is 2.01. The minimum Gasteiger partial charge on any atom is -0.336 e. The molecule has 9 heteroatoms. The van der Waals surface area contributed by atoms with E-state index in [9.17, 15) is 4.79 Å². The van der Waals surface area contributed by atoms with Gasteiger partial charge in [-0.05, 0) is 23.8 Å². The van der Waals surface area contributed by atoms with Gasteiger partial charge in [-0.2, -0.15) is 0 Å². The Morgan fingerprint density at radius 1 is 0.968 bits per heavy atom. The summed E-state index contributed by atoms with van der Waals surface area (Å²) in [7, 11) is 0. The molecule has 3 aromatic carbocycles. The Hall–Kier alpha value is -2.38. The molecule has 0 aliphatic heterocycles. The van der Waals surface area contributed by atoms with Crippen molar-refractivity contribution in [2.24, 2.45) is 0 Å². The van der Waals surface area contributed by atoms with Crippen molar-refractivity contribution in [3.63, 3.8) is 0 Å². The standard InChI is InChI=1S/C22H17Cl3N4OS/c1-13-9-11-15(12-10-13)19-28-29-21(31-19)27-20(22(23,24)25)26-18(30)17-8-4-6-14-5-2-3-7-16(14)17/h2-12,20H,1H3,(H,26,30)(H,27,29). The van der Waals surface area contributed by atoms with Crippen LogP contribution in [0.3, 0.4) is 0 Å². The van der Waals surface area contributed by atoms with Crippen LogP contribution in [-0.2, 0) is 0 Å². The molecule has 0 saturated heterocycles. The van der Waals surface area contributed by atoms with E-state index in [-0.39, 0.29) is 5.91 Å². The highest BCUT2D eigenvalue weighted by Crippen LogP contribution is 2.33. The molecule has 31 heavy (non-hydrogen) atoms. The molecule has 5 nitrogen and oxygen atoms in total. The second kappa shape index (κ2) is 9.01. The van der Waals surface area contributed by atoms with Gasteiger partial charge in [0.05, 0.1) is 0 Å². The van der Waals surface area contributed by atoms with Crippen LogP contribution in [0.25, 0.3) is 21.3 Å². The lowest BCUT2D eigenvalue weighted by atomic mass is 10.0. The Labute approximate surface area is 198 Å². The molecule has 0 saturated carbocycles. The first-order valence-corrected chi connectivity index (χ1v) is 11.3. The van der Waals surface area contributed by atoms with Crippen LogP contribution >= 0.6 is 46.1 Å². The summed E-state index contributed by atoms with van der Waals surface area (Å²) in [6, 6.07) is 21.0. The smallest absolute Gasteiger partial charge is 0.253 e. The number of amides is 1. The lowest BCUT2D eigenvalue weighted by Gasteiger charge is -2.26. The minimum atomic E-state index is -1.82. The van der Waals surface area contributed by atoms with Gasteiger partial charge in [0.15, 0.2) is 0 Å². The number of anilines is 1. The number of nitrogens with zero attached hydrogens (tertiary/aromatic N) is 2. The van der Waals surface area contributed by atoms with E-state index in [0.717, 1.165) is 21.9 Å². The largest absolute Gasteiger partial charge is 0.336 e. The van der Waals surface area contributed by atoms with Gasteiger partial charge in [0.25, 0.3) is 5.91 Å². The fourth-order valence-electron chi connectivity index (χ4n) is 3.05. The van der Waals surface area contributed by atoms with Crippen LogP contribution in [0.15, 0.2) is 66.7 Å². The SMILES string of the molecule is Cc1ccc(-c2nnc(NC(NC(=O)c3cccc4ccccc34)C(Cl)(Cl)Cl)s2)cc1. The number of hydrogen-bond acceptors (Lipinski definition) is 5. The predicted octanol–water partition coefficient (Wildman–Crippen LogP) is 6.20. The maximum absolute atomic E-state index is 13.0. The van der Waals surface area contributed by atoms with Crippen LogP contribution in [0.4, 0.5) is 5.13 Å². The molecule has 1 heterocycles. The van der Waals surface area contributed by atoms with Gasteiger partial charge in [0.1, 0.15) is 11.2 Å². The number of alkyl halides is 3. The summed E-state index contributed by atoms with van der Waals surface area (Å²) in [5, 5.41) is 17.0. The molecule has 2 N–H and O–H groups in total. The Balaban J connectivity index is 1.56. The third-order valence-corrected chi connectivity index (χ3v) is 6.19. The number of benzene rings is 3. The van der Waals surface area contributed by atoms with E-state index in [0.29, 0.717) is 15.7 Å². The van der Waals surface area contributed by atoms with E-state index in [2.05, 4.69) is 20.8 Å². The van der Waals surface area contributed by atoms with Gasteiger partial charge in [0.2, 0.25) is 8.92 Å². The highest BCUT2D eigenvalue weighted by molar-refractivity contribution is 7.18. The summed E-state index contributed by atoms with van der Waals surface area (Å²) < 4.78 is -1.82. The fraction of sp³-hybridized carbons (Fsp3) is 0.136. The molecular formula is C22H17Cl3N4OS. The molecule has 4 aromatic rings. The lowest BCUT2D eigenvalue weighted by Crippen LogP contribution is -2.49. The van der Waals surface area contributed by atoms with Gasteiger partial charge in [0, 0.05) is 11.1 Å². The first-order valence-electron chi connectivity index (χ1n) is 9.34. The second-order valence-electron chi connectivity index (χ2n) is 6.90. The molecule has 0 aliphatic rings. The molecule has 1 atom stereocenters. The zero-order chi connectivity index (χ0) is 22.0. The number of carbonyl (C=O) groups excluding carboxylic acids is 1. The van der Waals surface area contributed by atoms with Crippen LogP contribution in [0.1, 0.15) is 15.9 Å². The Morgan fingerprint density at radius 2 is 1.68 bits per heavy atom.